The number of aryl methyl sites for hydroxylation is 2. The van der Waals surface area contributed by atoms with E-state index < -0.39 is 0 Å². The average Bonchev–Trinajstić information content (AvgIpc) is 3.18. The fraction of sp³-hybridized carbons (Fsp3) is 0.182. The molecule has 3 rings (SSSR count). The molecule has 0 saturated heterocycles. The molecule has 0 saturated carbocycles. The van der Waals surface area contributed by atoms with E-state index in [-0.39, 0.29) is 11.8 Å². The van der Waals surface area contributed by atoms with Crippen molar-refractivity contribution in [1.29, 1.82) is 0 Å². The number of aliphatic imine (C=N–C) groups is 1. The van der Waals surface area contributed by atoms with Gasteiger partial charge in [0.15, 0.2) is 5.13 Å². The van der Waals surface area contributed by atoms with Gasteiger partial charge in [-0.15, -0.1) is 0 Å². The lowest BCUT2D eigenvalue weighted by Gasteiger charge is -2.06. The molecule has 160 valence electrons. The summed E-state index contributed by atoms with van der Waals surface area (Å²) < 4.78 is 0. The van der Waals surface area contributed by atoms with Crippen LogP contribution in [0.15, 0.2) is 59.6 Å². The number of rotatable bonds is 9. The Kier molecular flexibility index (Phi) is 7.85. The van der Waals surface area contributed by atoms with Crippen LogP contribution in [0.4, 0.5) is 10.8 Å². The van der Waals surface area contributed by atoms with E-state index in [1.165, 1.54) is 24.6 Å². The molecular formula is C22H24N6O2S. The van der Waals surface area contributed by atoms with Gasteiger partial charge in [0, 0.05) is 13.5 Å². The fourth-order valence-electron chi connectivity index (χ4n) is 2.88. The second-order valence-corrected chi connectivity index (χ2v) is 7.73. The molecule has 3 aromatic rings. The number of hydrogen-bond acceptors (Lipinski definition) is 6. The number of nitrogens with one attached hydrogen (secondary N) is 3. The molecule has 0 aliphatic rings. The molecule has 0 unspecified atom stereocenters. The topological polar surface area (TPSA) is 122 Å². The van der Waals surface area contributed by atoms with Crippen molar-refractivity contribution in [1.82, 2.24) is 15.7 Å². The number of nitrogens with two attached hydrogens (primary N) is 1. The van der Waals surface area contributed by atoms with Gasteiger partial charge in [-0.2, -0.15) is 0 Å². The predicted molar refractivity (Wildman–Crippen MR) is 123 cm³/mol. The SMILES string of the molecule is CC(=O)Nc1nc(CCc2ccc(N=CNN)cc2)c(C(=O)NCc2ccccc2)s1. The standard InChI is InChI=1S/C22H24N6O2S/c1-15(29)27-22-28-19(12-9-16-7-10-18(11-8-16)25-14-26-23)20(31-22)21(30)24-13-17-5-3-2-4-6-17/h2-8,10-11,14H,9,12-13,23H2,1H3,(H,24,30)(H,25,26)(H,27,28,29). The van der Waals surface area contributed by atoms with Crippen LogP contribution in [0.1, 0.15) is 33.4 Å². The summed E-state index contributed by atoms with van der Waals surface area (Å²) in [4.78, 5) is 33.4. The van der Waals surface area contributed by atoms with Gasteiger partial charge < -0.3 is 16.1 Å². The number of anilines is 1. The Bertz CT molecular complexity index is 1050. The van der Waals surface area contributed by atoms with Crippen molar-refractivity contribution in [3.8, 4) is 0 Å². The molecule has 0 radical (unpaired) electrons. The molecule has 1 aromatic heterocycles. The summed E-state index contributed by atoms with van der Waals surface area (Å²) in [6, 6.07) is 17.4. The molecule has 31 heavy (non-hydrogen) atoms. The predicted octanol–water partition coefficient (Wildman–Crippen LogP) is 2.94. The molecule has 0 aliphatic heterocycles. The number of thiazole rings is 1. The zero-order valence-electron chi connectivity index (χ0n) is 17.1. The van der Waals surface area contributed by atoms with Gasteiger partial charge >= 0.3 is 0 Å². The van der Waals surface area contributed by atoms with Crippen LogP contribution >= 0.6 is 11.3 Å². The van der Waals surface area contributed by atoms with Crippen LogP contribution in [0, 0.1) is 0 Å². The van der Waals surface area contributed by atoms with E-state index >= 15 is 0 Å². The third-order valence-corrected chi connectivity index (χ3v) is 5.37. The van der Waals surface area contributed by atoms with Crippen molar-refractivity contribution in [2.24, 2.45) is 10.8 Å². The van der Waals surface area contributed by atoms with E-state index in [0.717, 1.165) is 16.8 Å². The second-order valence-electron chi connectivity index (χ2n) is 6.74. The Morgan fingerprint density at radius 1 is 1.06 bits per heavy atom. The van der Waals surface area contributed by atoms with Crippen LogP contribution in [0.5, 0.6) is 0 Å². The Labute approximate surface area is 184 Å². The molecule has 0 aliphatic carbocycles. The minimum atomic E-state index is -0.223. The molecule has 0 spiro atoms. The van der Waals surface area contributed by atoms with E-state index in [2.05, 4.69) is 26.0 Å². The molecule has 9 heteroatoms. The number of amides is 2. The molecular weight excluding hydrogens is 412 g/mol. The first-order chi connectivity index (χ1) is 15.0. The molecule has 2 amide bonds. The highest BCUT2D eigenvalue weighted by Crippen LogP contribution is 2.25. The zero-order chi connectivity index (χ0) is 22.1. The lowest BCUT2D eigenvalue weighted by Crippen LogP contribution is -2.23. The Morgan fingerprint density at radius 2 is 1.81 bits per heavy atom. The summed E-state index contributed by atoms with van der Waals surface area (Å²) >= 11 is 1.18. The lowest BCUT2D eigenvalue weighted by atomic mass is 10.1. The van der Waals surface area contributed by atoms with Crippen LogP contribution in [0.3, 0.4) is 0 Å². The summed E-state index contributed by atoms with van der Waals surface area (Å²) in [5.74, 6) is 4.75. The van der Waals surface area contributed by atoms with Gasteiger partial charge in [0.2, 0.25) is 5.91 Å². The highest BCUT2D eigenvalue weighted by Gasteiger charge is 2.18. The van der Waals surface area contributed by atoms with Gasteiger partial charge in [0.25, 0.3) is 5.91 Å². The first-order valence-corrected chi connectivity index (χ1v) is 10.5. The largest absolute Gasteiger partial charge is 0.347 e. The van der Waals surface area contributed by atoms with Crippen molar-refractivity contribution in [3.63, 3.8) is 0 Å². The van der Waals surface area contributed by atoms with Gasteiger partial charge in [-0.1, -0.05) is 53.8 Å². The smallest absolute Gasteiger partial charge is 0.263 e. The van der Waals surface area contributed by atoms with Gasteiger partial charge in [-0.25, -0.2) is 15.8 Å². The second kappa shape index (κ2) is 11.0. The summed E-state index contributed by atoms with van der Waals surface area (Å²) in [7, 11) is 0. The lowest BCUT2D eigenvalue weighted by molar-refractivity contribution is -0.114. The Hall–Kier alpha value is -3.56. The van der Waals surface area contributed by atoms with Crippen LogP contribution in [0.2, 0.25) is 0 Å². The molecule has 0 bridgehead atoms. The Balaban J connectivity index is 1.70. The van der Waals surface area contributed by atoms with E-state index in [9.17, 15) is 9.59 Å². The van der Waals surface area contributed by atoms with Gasteiger partial charge in [0.1, 0.15) is 11.2 Å². The summed E-state index contributed by atoms with van der Waals surface area (Å²) in [6.45, 7) is 1.84. The third kappa shape index (κ3) is 6.73. The summed E-state index contributed by atoms with van der Waals surface area (Å²) in [5, 5.41) is 6.03. The number of nitrogens with zero attached hydrogens (tertiary/aromatic N) is 2. The first kappa shape index (κ1) is 22.1. The van der Waals surface area contributed by atoms with Crippen molar-refractivity contribution in [3.05, 3.63) is 76.3 Å². The summed E-state index contributed by atoms with van der Waals surface area (Å²) in [5.41, 5.74) is 5.90. The minimum absolute atomic E-state index is 0.202. The zero-order valence-corrected chi connectivity index (χ0v) is 17.9. The van der Waals surface area contributed by atoms with Crippen LogP contribution < -0.4 is 21.9 Å². The van der Waals surface area contributed by atoms with Gasteiger partial charge in [-0.3, -0.25) is 9.59 Å². The van der Waals surface area contributed by atoms with E-state index in [4.69, 9.17) is 5.84 Å². The van der Waals surface area contributed by atoms with Gasteiger partial charge in [0.05, 0.1) is 11.4 Å². The van der Waals surface area contributed by atoms with E-state index in [1.54, 1.807) is 0 Å². The molecule has 2 aromatic carbocycles. The number of benzene rings is 2. The summed E-state index contributed by atoms with van der Waals surface area (Å²) in [6.07, 6.45) is 2.67. The number of carbonyl (C=O) groups excluding carboxylic acids is 2. The quantitative estimate of drug-likeness (QED) is 0.178. The van der Waals surface area contributed by atoms with Crippen LogP contribution in [-0.2, 0) is 24.2 Å². The Morgan fingerprint density at radius 3 is 2.48 bits per heavy atom. The molecule has 0 fully saturated rings. The molecule has 1 heterocycles. The van der Waals surface area contributed by atoms with Crippen molar-refractivity contribution in [2.45, 2.75) is 26.3 Å². The third-order valence-electron chi connectivity index (χ3n) is 4.36. The minimum Gasteiger partial charge on any atom is -0.347 e. The van der Waals surface area contributed by atoms with Crippen molar-refractivity contribution < 1.29 is 9.59 Å². The van der Waals surface area contributed by atoms with E-state index in [0.29, 0.717) is 35.1 Å². The average molecular weight is 437 g/mol. The van der Waals surface area contributed by atoms with Crippen molar-refractivity contribution in [2.75, 3.05) is 5.32 Å². The molecule has 0 atom stereocenters. The van der Waals surface area contributed by atoms with Crippen LogP contribution in [0.25, 0.3) is 0 Å². The highest BCUT2D eigenvalue weighted by atomic mass is 32.1. The maximum absolute atomic E-state index is 12.8. The number of carbonyl (C=O) groups is 2. The maximum Gasteiger partial charge on any atom is 0.263 e. The van der Waals surface area contributed by atoms with Crippen molar-refractivity contribution >= 4 is 40.3 Å². The number of aromatic nitrogens is 1. The maximum atomic E-state index is 12.8. The molecule has 8 nitrogen and oxygen atoms in total. The fourth-order valence-corrected chi connectivity index (χ4v) is 3.86. The first-order valence-electron chi connectivity index (χ1n) is 9.72. The molecule has 5 N–H and O–H groups in total. The monoisotopic (exact) mass is 436 g/mol. The van der Waals surface area contributed by atoms with Gasteiger partial charge in [-0.05, 0) is 36.1 Å². The highest BCUT2D eigenvalue weighted by molar-refractivity contribution is 7.17. The van der Waals surface area contributed by atoms with Crippen LogP contribution in [-0.4, -0.2) is 23.1 Å². The van der Waals surface area contributed by atoms with E-state index in [1.807, 2.05) is 54.6 Å². The number of hydrazine groups is 1. The normalized spacial score (nSPS) is 10.8. The number of hydrogen-bond donors (Lipinski definition) is 4.